The summed E-state index contributed by atoms with van der Waals surface area (Å²) in [5, 5.41) is 29.8. The molecule has 0 bridgehead atoms. The predicted molar refractivity (Wildman–Crippen MR) is 120 cm³/mol. The molecule has 9 heteroatoms. The van der Waals surface area contributed by atoms with Crippen LogP contribution in [0.3, 0.4) is 0 Å². The van der Waals surface area contributed by atoms with Gasteiger partial charge in [0.05, 0.1) is 46.8 Å². The third-order valence-electron chi connectivity index (χ3n) is 5.61. The van der Waals surface area contributed by atoms with Crippen LogP contribution < -0.4 is 0 Å². The number of benzene rings is 3. The second kappa shape index (κ2) is 7.39. The lowest BCUT2D eigenvalue weighted by molar-refractivity contribution is 0.626. The normalized spacial score (nSPS) is 11.3. The first-order valence-corrected chi connectivity index (χ1v) is 10.2. The van der Waals surface area contributed by atoms with Crippen molar-refractivity contribution in [1.29, 1.82) is 5.26 Å². The number of hydrogen-bond donors (Lipinski definition) is 1. The second-order valence-corrected chi connectivity index (χ2v) is 7.65. The molecule has 8 nitrogen and oxygen atoms in total. The summed E-state index contributed by atoms with van der Waals surface area (Å²) in [6.07, 6.45) is 3.39. The molecule has 0 saturated carbocycles. The first-order chi connectivity index (χ1) is 16.2. The molecule has 0 aliphatic rings. The van der Waals surface area contributed by atoms with Crippen LogP contribution in [0.5, 0.6) is 0 Å². The van der Waals surface area contributed by atoms with Gasteiger partial charge in [0.2, 0.25) is 0 Å². The van der Waals surface area contributed by atoms with Crippen molar-refractivity contribution in [3.63, 3.8) is 0 Å². The van der Waals surface area contributed by atoms with E-state index in [0.29, 0.717) is 34.4 Å². The number of fused-ring (bicyclic) bond motifs is 2. The summed E-state index contributed by atoms with van der Waals surface area (Å²) in [6.45, 7) is 0.444. The molecular weight excluding hydrogens is 419 g/mol. The van der Waals surface area contributed by atoms with Crippen LogP contribution in [0.15, 0.2) is 73.1 Å². The van der Waals surface area contributed by atoms with Gasteiger partial charge >= 0.3 is 0 Å². The Labute approximate surface area is 186 Å². The third kappa shape index (κ3) is 3.21. The van der Waals surface area contributed by atoms with Crippen molar-refractivity contribution in [3.8, 4) is 23.0 Å². The summed E-state index contributed by atoms with van der Waals surface area (Å²) in [4.78, 5) is 0. The number of hydrogen-bond acceptors (Lipinski definition) is 5. The van der Waals surface area contributed by atoms with Crippen LogP contribution in [0.25, 0.3) is 38.9 Å². The maximum Gasteiger partial charge on any atom is 0.134 e. The number of nitriles is 1. The Morgan fingerprint density at radius 3 is 2.76 bits per heavy atom. The van der Waals surface area contributed by atoms with E-state index in [1.165, 1.54) is 6.07 Å². The van der Waals surface area contributed by atoms with Gasteiger partial charge in [-0.15, -0.1) is 5.10 Å². The van der Waals surface area contributed by atoms with Gasteiger partial charge in [-0.25, -0.2) is 9.07 Å². The molecule has 33 heavy (non-hydrogen) atoms. The molecule has 0 saturated heterocycles. The predicted octanol–water partition coefficient (Wildman–Crippen LogP) is 4.22. The first-order valence-electron chi connectivity index (χ1n) is 10.2. The molecular formula is C24H15FN8. The fraction of sp³-hybridized carbons (Fsp3) is 0.0417. The van der Waals surface area contributed by atoms with Crippen LogP contribution in [0.4, 0.5) is 4.39 Å². The zero-order chi connectivity index (χ0) is 22.4. The quantitative estimate of drug-likeness (QED) is 0.448. The van der Waals surface area contributed by atoms with Crippen molar-refractivity contribution in [2.75, 3.05) is 0 Å². The molecule has 3 heterocycles. The summed E-state index contributed by atoms with van der Waals surface area (Å²) < 4.78 is 18.5. The van der Waals surface area contributed by atoms with E-state index in [1.54, 1.807) is 46.0 Å². The van der Waals surface area contributed by atoms with Gasteiger partial charge in [0.1, 0.15) is 11.3 Å². The Balaban J connectivity index is 1.43. The van der Waals surface area contributed by atoms with E-state index < -0.39 is 5.82 Å². The molecule has 0 spiro atoms. The SMILES string of the molecule is N#Cc1ccc(Cn2nccc2-c2cc3c(cc2F)nnn3-c2ccc3cn[nH]c3c2)cc1. The monoisotopic (exact) mass is 434 g/mol. The molecule has 6 aromatic rings. The molecule has 3 aromatic heterocycles. The molecule has 0 radical (unpaired) electrons. The Hall–Kier alpha value is -4.84. The highest BCUT2D eigenvalue weighted by Gasteiger charge is 2.16. The standard InChI is InChI=1S/C24H15FN8/c25-20-11-22-24(33(31-30-22)18-6-5-17-13-27-29-21(17)9-18)10-19(20)23-7-8-28-32(23)14-16-3-1-15(12-26)2-4-16/h1-11,13H,14H2,(H,27,29). The molecule has 6 rings (SSSR count). The lowest BCUT2D eigenvalue weighted by Crippen LogP contribution is -2.05. The smallest absolute Gasteiger partial charge is 0.134 e. The highest BCUT2D eigenvalue weighted by Crippen LogP contribution is 2.29. The number of nitrogens with one attached hydrogen (secondary N) is 1. The van der Waals surface area contributed by atoms with Gasteiger partial charge in [-0.1, -0.05) is 17.3 Å². The van der Waals surface area contributed by atoms with Crippen molar-refractivity contribution < 1.29 is 4.39 Å². The van der Waals surface area contributed by atoms with E-state index in [0.717, 1.165) is 22.2 Å². The van der Waals surface area contributed by atoms with Crippen LogP contribution in [-0.2, 0) is 6.54 Å². The van der Waals surface area contributed by atoms with E-state index in [4.69, 9.17) is 5.26 Å². The van der Waals surface area contributed by atoms with Crippen LogP contribution in [-0.4, -0.2) is 35.0 Å². The minimum Gasteiger partial charge on any atom is -0.278 e. The molecule has 0 aliphatic heterocycles. The number of halogens is 1. The zero-order valence-corrected chi connectivity index (χ0v) is 17.1. The fourth-order valence-electron chi connectivity index (χ4n) is 3.93. The van der Waals surface area contributed by atoms with Gasteiger partial charge in [-0.3, -0.25) is 9.78 Å². The maximum absolute atomic E-state index is 15.1. The maximum atomic E-state index is 15.1. The van der Waals surface area contributed by atoms with Crippen LogP contribution in [0.1, 0.15) is 11.1 Å². The number of rotatable bonds is 4. The average molecular weight is 434 g/mol. The van der Waals surface area contributed by atoms with E-state index in [2.05, 4.69) is 31.7 Å². The van der Waals surface area contributed by atoms with Gasteiger partial charge in [0.25, 0.3) is 0 Å². The molecule has 1 N–H and O–H groups in total. The van der Waals surface area contributed by atoms with E-state index in [9.17, 15) is 0 Å². The molecule has 0 fully saturated rings. The van der Waals surface area contributed by atoms with Crippen LogP contribution in [0, 0.1) is 17.1 Å². The van der Waals surface area contributed by atoms with E-state index in [-0.39, 0.29) is 0 Å². The Morgan fingerprint density at radius 1 is 1.03 bits per heavy atom. The minimum absolute atomic E-state index is 0.403. The average Bonchev–Trinajstić information content (AvgIpc) is 3.58. The van der Waals surface area contributed by atoms with Gasteiger partial charge in [-0.05, 0) is 48.0 Å². The van der Waals surface area contributed by atoms with Crippen molar-refractivity contribution >= 4 is 21.9 Å². The van der Waals surface area contributed by atoms with Gasteiger partial charge < -0.3 is 0 Å². The van der Waals surface area contributed by atoms with Gasteiger partial charge in [0.15, 0.2) is 0 Å². The third-order valence-corrected chi connectivity index (χ3v) is 5.61. The Kier molecular flexibility index (Phi) is 4.23. The van der Waals surface area contributed by atoms with E-state index in [1.807, 2.05) is 30.3 Å². The first kappa shape index (κ1) is 18.9. The summed E-state index contributed by atoms with van der Waals surface area (Å²) in [7, 11) is 0. The van der Waals surface area contributed by atoms with Crippen molar-refractivity contribution in [1.82, 2.24) is 35.0 Å². The van der Waals surface area contributed by atoms with Crippen LogP contribution in [0.2, 0.25) is 0 Å². The summed E-state index contributed by atoms with van der Waals surface area (Å²) in [5.74, 6) is -0.403. The molecule has 0 unspecified atom stereocenters. The largest absolute Gasteiger partial charge is 0.278 e. The van der Waals surface area contributed by atoms with Crippen LogP contribution >= 0.6 is 0 Å². The summed E-state index contributed by atoms with van der Waals surface area (Å²) >= 11 is 0. The summed E-state index contributed by atoms with van der Waals surface area (Å²) in [5.41, 5.74) is 5.38. The highest BCUT2D eigenvalue weighted by molar-refractivity contribution is 5.84. The molecule has 0 amide bonds. The number of nitrogens with zero attached hydrogens (tertiary/aromatic N) is 7. The summed E-state index contributed by atoms with van der Waals surface area (Å²) in [6, 6.07) is 20.1. The van der Waals surface area contributed by atoms with Crippen molar-refractivity contribution in [2.45, 2.75) is 6.54 Å². The van der Waals surface area contributed by atoms with Crippen molar-refractivity contribution in [2.24, 2.45) is 0 Å². The zero-order valence-electron chi connectivity index (χ0n) is 17.1. The molecule has 158 valence electrons. The number of H-pyrrole nitrogens is 1. The highest BCUT2D eigenvalue weighted by atomic mass is 19.1. The lowest BCUT2D eigenvalue weighted by Gasteiger charge is -2.10. The molecule has 3 aromatic carbocycles. The second-order valence-electron chi connectivity index (χ2n) is 7.65. The molecule has 0 atom stereocenters. The van der Waals surface area contributed by atoms with Crippen molar-refractivity contribution in [3.05, 3.63) is 90.0 Å². The van der Waals surface area contributed by atoms with Gasteiger partial charge in [-0.2, -0.15) is 15.5 Å². The Morgan fingerprint density at radius 2 is 1.91 bits per heavy atom. The number of aromatic amines is 1. The Bertz CT molecular complexity index is 1670. The molecule has 0 aliphatic carbocycles. The topological polar surface area (TPSA) is 101 Å². The fourth-order valence-corrected chi connectivity index (χ4v) is 3.93. The van der Waals surface area contributed by atoms with E-state index >= 15 is 4.39 Å². The number of aromatic nitrogens is 7. The van der Waals surface area contributed by atoms with Gasteiger partial charge in [0, 0.05) is 23.2 Å². The minimum atomic E-state index is -0.403. The lowest BCUT2D eigenvalue weighted by atomic mass is 10.1.